The number of carbonyl (C=O) groups excluding carboxylic acids is 1. The highest BCUT2D eigenvalue weighted by Crippen LogP contribution is 2.50. The highest BCUT2D eigenvalue weighted by atomic mass is 16.5. The molecule has 0 saturated heterocycles. The van der Waals surface area contributed by atoms with Gasteiger partial charge in [0, 0.05) is 0 Å². The Morgan fingerprint density at radius 1 is 1.08 bits per heavy atom. The predicted octanol–water partition coefficient (Wildman–Crippen LogP) is 5.30. The van der Waals surface area contributed by atoms with Gasteiger partial charge in [-0.15, -0.1) is 0 Å². The van der Waals surface area contributed by atoms with E-state index in [1.807, 2.05) is 0 Å². The number of unbranched alkanes of at least 4 members (excludes halogenated alkanes) is 1. The molecule has 0 aromatic carbocycles. The first-order valence-electron chi connectivity index (χ1n) is 10.7. The Morgan fingerprint density at radius 2 is 1.73 bits per heavy atom. The summed E-state index contributed by atoms with van der Waals surface area (Å²) in [6, 6.07) is 0. The van der Waals surface area contributed by atoms with E-state index in [2.05, 4.69) is 27.7 Å². The fraction of sp³-hybridized carbons (Fsp3) is 0.909. The van der Waals surface area contributed by atoms with Crippen LogP contribution in [0.4, 0.5) is 0 Å². The summed E-state index contributed by atoms with van der Waals surface area (Å²) in [4.78, 5) is 24.1. The molecule has 1 N–H and O–H groups in total. The number of aliphatic carboxylic acids is 1. The third-order valence-corrected chi connectivity index (χ3v) is 7.46. The van der Waals surface area contributed by atoms with Gasteiger partial charge in [0.15, 0.2) is 0 Å². The van der Waals surface area contributed by atoms with E-state index in [4.69, 9.17) is 4.74 Å². The molecule has 2 saturated carbocycles. The van der Waals surface area contributed by atoms with E-state index in [1.165, 1.54) is 25.7 Å². The van der Waals surface area contributed by atoms with Crippen LogP contribution in [-0.2, 0) is 14.3 Å². The molecule has 5 unspecified atom stereocenters. The van der Waals surface area contributed by atoms with Gasteiger partial charge in [0.2, 0.25) is 0 Å². The van der Waals surface area contributed by atoms with Gasteiger partial charge in [-0.3, -0.25) is 9.59 Å². The van der Waals surface area contributed by atoms with E-state index in [0.29, 0.717) is 37.2 Å². The summed E-state index contributed by atoms with van der Waals surface area (Å²) in [7, 11) is 0. The molecule has 2 fully saturated rings. The van der Waals surface area contributed by atoms with E-state index < -0.39 is 17.8 Å². The minimum absolute atomic E-state index is 0.263. The standard InChI is InChI=1S/C22H38O4/c1-5-6-11-19-16(13-12-15(2)22(19,3)4)14-26-21(25)18-10-8-7-9-17(18)20(23)24/h15-19H,5-14H2,1-4H3,(H,23,24). The van der Waals surface area contributed by atoms with Crippen LogP contribution in [0.25, 0.3) is 0 Å². The van der Waals surface area contributed by atoms with E-state index in [-0.39, 0.29) is 11.4 Å². The van der Waals surface area contributed by atoms with Crippen LogP contribution in [0, 0.1) is 35.0 Å². The van der Waals surface area contributed by atoms with Crippen molar-refractivity contribution >= 4 is 11.9 Å². The average Bonchev–Trinajstić information content (AvgIpc) is 2.61. The second-order valence-corrected chi connectivity index (χ2v) is 9.27. The molecule has 0 aromatic rings. The van der Waals surface area contributed by atoms with E-state index >= 15 is 0 Å². The number of carboxylic acid groups (broad SMARTS) is 1. The smallest absolute Gasteiger partial charge is 0.309 e. The van der Waals surface area contributed by atoms with Gasteiger partial charge < -0.3 is 9.84 Å². The summed E-state index contributed by atoms with van der Waals surface area (Å²) in [5, 5.41) is 9.40. The monoisotopic (exact) mass is 366 g/mol. The van der Waals surface area contributed by atoms with Crippen LogP contribution in [-0.4, -0.2) is 23.7 Å². The fourth-order valence-corrected chi connectivity index (χ4v) is 5.25. The van der Waals surface area contributed by atoms with Crippen molar-refractivity contribution in [3.8, 4) is 0 Å². The summed E-state index contributed by atoms with van der Waals surface area (Å²) in [6.45, 7) is 9.78. The van der Waals surface area contributed by atoms with Gasteiger partial charge in [-0.25, -0.2) is 0 Å². The van der Waals surface area contributed by atoms with Gasteiger partial charge in [-0.1, -0.05) is 53.4 Å². The lowest BCUT2D eigenvalue weighted by Crippen LogP contribution is -2.43. The maximum absolute atomic E-state index is 12.6. The number of rotatable bonds is 7. The van der Waals surface area contributed by atoms with Crippen molar-refractivity contribution in [3.63, 3.8) is 0 Å². The molecule has 150 valence electrons. The molecule has 0 heterocycles. The second-order valence-electron chi connectivity index (χ2n) is 9.27. The van der Waals surface area contributed by atoms with Gasteiger partial charge in [0.05, 0.1) is 18.4 Å². The molecule has 4 heteroatoms. The quantitative estimate of drug-likeness (QED) is 0.621. The van der Waals surface area contributed by atoms with E-state index in [0.717, 1.165) is 19.3 Å². The molecule has 0 bridgehead atoms. The number of ether oxygens (including phenoxy) is 1. The van der Waals surface area contributed by atoms with E-state index in [1.54, 1.807) is 0 Å². The predicted molar refractivity (Wildman–Crippen MR) is 103 cm³/mol. The normalized spacial score (nSPS) is 34.2. The first-order chi connectivity index (χ1) is 12.3. The van der Waals surface area contributed by atoms with Crippen molar-refractivity contribution < 1.29 is 19.4 Å². The van der Waals surface area contributed by atoms with Crippen molar-refractivity contribution in [1.82, 2.24) is 0 Å². The molecule has 0 radical (unpaired) electrons. The lowest BCUT2D eigenvalue weighted by atomic mass is 9.57. The summed E-state index contributed by atoms with van der Waals surface area (Å²) >= 11 is 0. The Balaban J connectivity index is 1.99. The molecule has 0 amide bonds. The van der Waals surface area contributed by atoms with Crippen molar-refractivity contribution in [3.05, 3.63) is 0 Å². The zero-order chi connectivity index (χ0) is 19.3. The summed E-state index contributed by atoms with van der Waals surface area (Å²) < 4.78 is 5.74. The zero-order valence-electron chi connectivity index (χ0n) is 17.1. The number of hydrogen-bond donors (Lipinski definition) is 1. The average molecular weight is 367 g/mol. The molecule has 0 aliphatic heterocycles. The van der Waals surface area contributed by atoms with Crippen LogP contribution in [0.2, 0.25) is 0 Å². The SMILES string of the molecule is CCCCC1C(COC(=O)C2CCCCC2C(=O)O)CCC(C)C1(C)C. The maximum Gasteiger partial charge on any atom is 0.309 e. The third-order valence-electron chi connectivity index (χ3n) is 7.46. The molecule has 4 nitrogen and oxygen atoms in total. The van der Waals surface area contributed by atoms with Crippen LogP contribution in [0.15, 0.2) is 0 Å². The Bertz CT molecular complexity index is 485. The number of carboxylic acids is 1. The van der Waals surface area contributed by atoms with Crippen molar-refractivity contribution in [2.45, 2.75) is 85.5 Å². The Hall–Kier alpha value is -1.06. The second kappa shape index (κ2) is 9.23. The van der Waals surface area contributed by atoms with Crippen molar-refractivity contribution in [2.24, 2.45) is 35.0 Å². The van der Waals surface area contributed by atoms with E-state index in [9.17, 15) is 14.7 Å². The lowest BCUT2D eigenvalue weighted by molar-refractivity contribution is -0.162. The topological polar surface area (TPSA) is 63.6 Å². The molecule has 2 aliphatic rings. The van der Waals surface area contributed by atoms with Gasteiger partial charge in [0.25, 0.3) is 0 Å². The minimum atomic E-state index is -0.847. The number of esters is 1. The molecular weight excluding hydrogens is 328 g/mol. The van der Waals surface area contributed by atoms with Crippen LogP contribution in [0.1, 0.15) is 85.5 Å². The molecule has 0 aromatic heterocycles. The Labute approximate surface area is 159 Å². The van der Waals surface area contributed by atoms with Gasteiger partial charge in [-0.2, -0.15) is 0 Å². The largest absolute Gasteiger partial charge is 0.481 e. The summed E-state index contributed by atoms with van der Waals surface area (Å²) in [6.07, 6.45) is 8.97. The van der Waals surface area contributed by atoms with Gasteiger partial charge in [-0.05, 0) is 55.3 Å². The van der Waals surface area contributed by atoms with Crippen molar-refractivity contribution in [1.29, 1.82) is 0 Å². The molecule has 26 heavy (non-hydrogen) atoms. The molecule has 0 spiro atoms. The van der Waals surface area contributed by atoms with Gasteiger partial charge >= 0.3 is 11.9 Å². The number of carbonyl (C=O) groups is 2. The first kappa shape index (κ1) is 21.2. The summed E-state index contributed by atoms with van der Waals surface area (Å²) in [5.41, 5.74) is 0.263. The number of hydrogen-bond acceptors (Lipinski definition) is 3. The minimum Gasteiger partial charge on any atom is -0.481 e. The van der Waals surface area contributed by atoms with Crippen LogP contribution >= 0.6 is 0 Å². The zero-order valence-corrected chi connectivity index (χ0v) is 17.1. The third kappa shape index (κ3) is 4.80. The lowest BCUT2D eigenvalue weighted by Gasteiger charge is -2.48. The molecule has 5 atom stereocenters. The van der Waals surface area contributed by atoms with Crippen LogP contribution in [0.3, 0.4) is 0 Å². The van der Waals surface area contributed by atoms with Crippen LogP contribution < -0.4 is 0 Å². The first-order valence-corrected chi connectivity index (χ1v) is 10.7. The molecule has 2 rings (SSSR count). The molecular formula is C22H38O4. The maximum atomic E-state index is 12.6. The highest BCUT2D eigenvalue weighted by Gasteiger charge is 2.44. The Kier molecular flexibility index (Phi) is 7.54. The van der Waals surface area contributed by atoms with Crippen molar-refractivity contribution in [2.75, 3.05) is 6.61 Å². The fourth-order valence-electron chi connectivity index (χ4n) is 5.25. The Morgan fingerprint density at radius 3 is 2.35 bits per heavy atom. The van der Waals surface area contributed by atoms with Gasteiger partial charge in [0.1, 0.15) is 0 Å². The highest BCUT2D eigenvalue weighted by molar-refractivity contribution is 5.81. The van der Waals surface area contributed by atoms with Crippen LogP contribution in [0.5, 0.6) is 0 Å². The molecule has 2 aliphatic carbocycles. The summed E-state index contributed by atoms with van der Waals surface area (Å²) in [5.74, 6) is -0.473.